The minimum absolute atomic E-state index is 1.21. The Morgan fingerprint density at radius 2 is 1.79 bits per heavy atom. The van der Waals surface area contributed by atoms with E-state index in [1.807, 2.05) is 12.3 Å². The fourth-order valence-corrected chi connectivity index (χ4v) is 5.56. The van der Waals surface area contributed by atoms with E-state index in [4.69, 9.17) is 0 Å². The Balaban J connectivity index is 2.78. The van der Waals surface area contributed by atoms with Crippen molar-refractivity contribution in [2.45, 2.75) is 14.8 Å². The first-order valence-corrected chi connectivity index (χ1v) is 14.8. The number of rotatable bonds is 1. The van der Waals surface area contributed by atoms with Crippen LogP contribution in [0.1, 0.15) is 0 Å². The molecule has 0 saturated heterocycles. The number of hydrogen-bond acceptors (Lipinski definition) is 2. The average molecular weight is 293 g/mol. The second-order valence-electron chi connectivity index (χ2n) is 4.53. The summed E-state index contributed by atoms with van der Waals surface area (Å²) in [6.45, 7) is 0. The molecule has 14 heavy (non-hydrogen) atoms. The molecule has 72 valence electrons. The van der Waals surface area contributed by atoms with Gasteiger partial charge in [0.05, 0.1) is 0 Å². The van der Waals surface area contributed by atoms with E-state index in [0.29, 0.717) is 0 Å². The second kappa shape index (κ2) is 3.50. The van der Waals surface area contributed by atoms with Gasteiger partial charge in [-0.3, -0.25) is 0 Å². The number of nitrogens with zero attached hydrogens (tertiary/aromatic N) is 2. The van der Waals surface area contributed by atoms with Crippen molar-refractivity contribution in [1.82, 2.24) is 10.2 Å². The van der Waals surface area contributed by atoms with Gasteiger partial charge in [-0.15, -0.1) is 0 Å². The predicted molar refractivity (Wildman–Crippen MR) is 62.5 cm³/mol. The summed E-state index contributed by atoms with van der Waals surface area (Å²) < 4.78 is 1.28. The molecule has 0 unspecified atom stereocenters. The molecule has 1 heterocycles. The van der Waals surface area contributed by atoms with Gasteiger partial charge in [-0.1, -0.05) is 0 Å². The van der Waals surface area contributed by atoms with Crippen LogP contribution in [0, 0.1) is 0 Å². The Labute approximate surface area is 88.2 Å². The van der Waals surface area contributed by atoms with Crippen LogP contribution in [-0.4, -0.2) is 28.6 Å². The van der Waals surface area contributed by atoms with E-state index in [1.54, 1.807) is 0 Å². The van der Waals surface area contributed by atoms with Crippen molar-refractivity contribution in [3.63, 3.8) is 0 Å². The van der Waals surface area contributed by atoms with Gasteiger partial charge < -0.3 is 0 Å². The van der Waals surface area contributed by atoms with Crippen LogP contribution in [-0.2, 0) is 0 Å². The summed E-state index contributed by atoms with van der Waals surface area (Å²) in [5, 5.41) is 10.9. The fourth-order valence-electron chi connectivity index (χ4n) is 1.58. The molecular weight excluding hydrogens is 279 g/mol. The zero-order valence-corrected chi connectivity index (χ0v) is 11.6. The first-order valence-electron chi connectivity index (χ1n) is 4.80. The molecule has 0 aliphatic rings. The predicted octanol–water partition coefficient (Wildman–Crippen LogP) is 2.17. The molecule has 3 heteroatoms. The van der Waals surface area contributed by atoms with E-state index in [0.717, 1.165) is 0 Å². The Morgan fingerprint density at radius 1 is 1.07 bits per heavy atom. The van der Waals surface area contributed by atoms with Gasteiger partial charge in [0, 0.05) is 0 Å². The van der Waals surface area contributed by atoms with Crippen molar-refractivity contribution in [3.8, 4) is 0 Å². The van der Waals surface area contributed by atoms with Gasteiger partial charge in [0.2, 0.25) is 0 Å². The summed E-state index contributed by atoms with van der Waals surface area (Å²) in [4.78, 5) is 7.10. The van der Waals surface area contributed by atoms with Crippen LogP contribution in [0.3, 0.4) is 0 Å². The summed E-state index contributed by atoms with van der Waals surface area (Å²) in [6, 6.07) is 8.38. The Kier molecular flexibility index (Phi) is 2.47. The second-order valence-corrected chi connectivity index (χ2v) is 18.7. The molecule has 0 saturated carbocycles. The molecule has 2 rings (SSSR count). The van der Waals surface area contributed by atoms with E-state index < -0.39 is 18.4 Å². The zero-order chi connectivity index (χ0) is 10.2. The Morgan fingerprint density at radius 3 is 2.50 bits per heavy atom. The molecule has 0 aliphatic heterocycles. The zero-order valence-electron chi connectivity index (χ0n) is 8.78. The van der Waals surface area contributed by atoms with Crippen LogP contribution in [0.25, 0.3) is 10.8 Å². The molecule has 0 atom stereocenters. The van der Waals surface area contributed by atoms with E-state index in [-0.39, 0.29) is 0 Å². The normalized spacial score (nSPS) is 11.9. The molecule has 2 aromatic rings. The quantitative estimate of drug-likeness (QED) is 0.753. The third kappa shape index (κ3) is 1.75. The van der Waals surface area contributed by atoms with Crippen molar-refractivity contribution in [1.29, 1.82) is 0 Å². The van der Waals surface area contributed by atoms with Crippen molar-refractivity contribution in [3.05, 3.63) is 30.5 Å². The van der Waals surface area contributed by atoms with Gasteiger partial charge >= 0.3 is 88.3 Å². The molecule has 0 fully saturated rings. The number of fused-ring (bicyclic) bond motifs is 1. The Bertz CT molecular complexity index is 455. The number of hydrogen-bond donors (Lipinski definition) is 0. The van der Waals surface area contributed by atoms with E-state index in [9.17, 15) is 0 Å². The van der Waals surface area contributed by atoms with E-state index in [2.05, 4.69) is 43.2 Å². The molecule has 0 aliphatic carbocycles. The fraction of sp³-hybridized carbons (Fsp3) is 0.273. The maximum absolute atomic E-state index is 4.32. The van der Waals surface area contributed by atoms with Gasteiger partial charge in [-0.25, -0.2) is 0 Å². The summed E-state index contributed by atoms with van der Waals surface area (Å²) in [5.74, 6) is 0. The molecular formula is C11H14N2Sn. The van der Waals surface area contributed by atoms with E-state index >= 15 is 0 Å². The SMILES string of the molecule is [CH3][Sn]([CH3])([CH3])[c]1nncc2ccccc12. The van der Waals surface area contributed by atoms with Crippen LogP contribution >= 0.6 is 0 Å². The van der Waals surface area contributed by atoms with Crippen molar-refractivity contribution in [2.75, 3.05) is 0 Å². The van der Waals surface area contributed by atoms with Gasteiger partial charge in [0.25, 0.3) is 0 Å². The number of benzene rings is 1. The summed E-state index contributed by atoms with van der Waals surface area (Å²) in [6.07, 6.45) is 1.84. The van der Waals surface area contributed by atoms with Crippen molar-refractivity contribution < 1.29 is 0 Å². The van der Waals surface area contributed by atoms with Gasteiger partial charge in [0.15, 0.2) is 0 Å². The molecule has 0 spiro atoms. The van der Waals surface area contributed by atoms with Crippen molar-refractivity contribution in [2.24, 2.45) is 0 Å². The molecule has 0 N–H and O–H groups in total. The molecule has 1 aromatic heterocycles. The van der Waals surface area contributed by atoms with Crippen LogP contribution in [0.4, 0.5) is 0 Å². The minimum atomic E-state index is -2.10. The van der Waals surface area contributed by atoms with Gasteiger partial charge in [0.1, 0.15) is 0 Å². The summed E-state index contributed by atoms with van der Waals surface area (Å²) in [5.41, 5.74) is 0. The molecule has 1 aromatic carbocycles. The van der Waals surface area contributed by atoms with Crippen LogP contribution in [0.15, 0.2) is 30.5 Å². The van der Waals surface area contributed by atoms with Crippen LogP contribution in [0.5, 0.6) is 0 Å². The Hall–Kier alpha value is -0.641. The first-order chi connectivity index (χ1) is 6.59. The average Bonchev–Trinajstić information content (AvgIpc) is 2.15. The van der Waals surface area contributed by atoms with Crippen LogP contribution < -0.4 is 3.71 Å². The number of aromatic nitrogens is 2. The van der Waals surface area contributed by atoms with Gasteiger partial charge in [-0.05, 0) is 0 Å². The van der Waals surface area contributed by atoms with Gasteiger partial charge in [-0.2, -0.15) is 0 Å². The third-order valence-corrected chi connectivity index (χ3v) is 7.39. The summed E-state index contributed by atoms with van der Waals surface area (Å²) in [7, 11) is 0. The monoisotopic (exact) mass is 294 g/mol. The molecule has 0 amide bonds. The van der Waals surface area contributed by atoms with Crippen molar-refractivity contribution >= 4 is 32.9 Å². The molecule has 2 nitrogen and oxygen atoms in total. The third-order valence-electron chi connectivity index (χ3n) is 2.28. The molecule has 0 bridgehead atoms. The van der Waals surface area contributed by atoms with Crippen LogP contribution in [0.2, 0.25) is 14.8 Å². The topological polar surface area (TPSA) is 25.8 Å². The van der Waals surface area contributed by atoms with E-state index in [1.165, 1.54) is 14.5 Å². The molecule has 0 radical (unpaired) electrons. The first kappa shape index (κ1) is 9.90. The standard InChI is InChI=1S/C8H5N2.3CH3.Sn/c1-2-4-8-6-10-9-5-7(8)3-1;;;;/h1-5H;3*1H3;. The maximum atomic E-state index is 4.32. The summed E-state index contributed by atoms with van der Waals surface area (Å²) >= 11 is -2.10.